The molecule has 0 aliphatic carbocycles. The highest BCUT2D eigenvalue weighted by Gasteiger charge is 2.23. The second kappa shape index (κ2) is 6.06. The first-order chi connectivity index (χ1) is 9.11. The molecule has 1 fully saturated rings. The van der Waals surface area contributed by atoms with Crippen molar-refractivity contribution >= 4 is 11.6 Å². The van der Waals surface area contributed by atoms with Gasteiger partial charge in [0.05, 0.1) is 6.10 Å². The van der Waals surface area contributed by atoms with Crippen molar-refractivity contribution in [2.75, 3.05) is 25.0 Å². The van der Waals surface area contributed by atoms with E-state index < -0.39 is 0 Å². The fourth-order valence-corrected chi connectivity index (χ4v) is 2.53. The van der Waals surface area contributed by atoms with Crippen LogP contribution in [0.3, 0.4) is 0 Å². The molecule has 1 amide bonds. The maximum Gasteiger partial charge on any atom is 0.254 e. The molecule has 1 aromatic carbocycles. The molecule has 1 saturated heterocycles. The quantitative estimate of drug-likeness (QED) is 0.876. The average Bonchev–Trinajstić information content (AvgIpc) is 2.38. The molecule has 4 nitrogen and oxygen atoms in total. The number of aryl methyl sites for hydroxylation is 1. The number of hydrogen-bond donors (Lipinski definition) is 2. The summed E-state index contributed by atoms with van der Waals surface area (Å²) in [6.07, 6.45) is 1.29. The number of likely N-dealkylation sites (tertiary alicyclic amines) is 1. The second-order valence-corrected chi connectivity index (χ2v) is 5.11. The van der Waals surface area contributed by atoms with E-state index in [4.69, 9.17) is 0 Å². The van der Waals surface area contributed by atoms with Gasteiger partial charge in [-0.2, -0.15) is 0 Å². The topological polar surface area (TPSA) is 52.6 Å². The van der Waals surface area contributed by atoms with Gasteiger partial charge in [0.25, 0.3) is 5.91 Å². The molecule has 1 aliphatic rings. The zero-order valence-corrected chi connectivity index (χ0v) is 11.6. The van der Waals surface area contributed by atoms with E-state index in [0.29, 0.717) is 6.54 Å². The molecule has 0 radical (unpaired) electrons. The number of β-amino-alcohol motifs (C(OH)–C–C–N with tert-alkyl or cyclic N) is 1. The van der Waals surface area contributed by atoms with Crippen molar-refractivity contribution in [3.8, 4) is 0 Å². The van der Waals surface area contributed by atoms with Crippen molar-refractivity contribution in [1.82, 2.24) is 4.90 Å². The summed E-state index contributed by atoms with van der Waals surface area (Å²) in [5, 5.41) is 12.9. The predicted octanol–water partition coefficient (Wildman–Crippen LogP) is 2.02. The molecule has 19 heavy (non-hydrogen) atoms. The Balaban J connectivity index is 2.14. The Morgan fingerprint density at radius 1 is 1.53 bits per heavy atom. The van der Waals surface area contributed by atoms with Gasteiger partial charge >= 0.3 is 0 Å². The number of benzene rings is 1. The number of carbonyl (C=O) groups excluding carboxylic acids is 1. The van der Waals surface area contributed by atoms with Gasteiger partial charge < -0.3 is 15.3 Å². The van der Waals surface area contributed by atoms with Gasteiger partial charge in [-0.15, -0.1) is 0 Å². The fraction of sp³-hybridized carbons (Fsp3) is 0.533. The first-order valence-corrected chi connectivity index (χ1v) is 6.93. The maximum absolute atomic E-state index is 12.4. The van der Waals surface area contributed by atoms with Gasteiger partial charge in [0, 0.05) is 30.9 Å². The Morgan fingerprint density at radius 3 is 2.95 bits per heavy atom. The van der Waals surface area contributed by atoms with Crippen LogP contribution in [0.4, 0.5) is 5.69 Å². The first kappa shape index (κ1) is 13.9. The Morgan fingerprint density at radius 2 is 2.32 bits per heavy atom. The van der Waals surface area contributed by atoms with Gasteiger partial charge in [-0.3, -0.25) is 4.79 Å². The van der Waals surface area contributed by atoms with Crippen LogP contribution in [-0.2, 0) is 0 Å². The Labute approximate surface area is 114 Å². The number of amides is 1. The summed E-state index contributed by atoms with van der Waals surface area (Å²) in [4.78, 5) is 14.2. The van der Waals surface area contributed by atoms with Gasteiger partial charge in [0.1, 0.15) is 0 Å². The Kier molecular flexibility index (Phi) is 4.43. The predicted molar refractivity (Wildman–Crippen MR) is 76.5 cm³/mol. The molecule has 0 aromatic heterocycles. The van der Waals surface area contributed by atoms with Crippen LogP contribution in [0, 0.1) is 6.92 Å². The summed E-state index contributed by atoms with van der Waals surface area (Å²) >= 11 is 0. The molecule has 1 heterocycles. The lowest BCUT2D eigenvalue weighted by Gasteiger charge is -2.30. The molecule has 2 N–H and O–H groups in total. The number of aliphatic hydroxyl groups excluding tert-OH is 1. The fourth-order valence-electron chi connectivity index (χ4n) is 2.53. The van der Waals surface area contributed by atoms with Gasteiger partial charge in [0.15, 0.2) is 0 Å². The van der Waals surface area contributed by atoms with Crippen LogP contribution >= 0.6 is 0 Å². The van der Waals surface area contributed by atoms with E-state index >= 15 is 0 Å². The summed E-state index contributed by atoms with van der Waals surface area (Å²) in [5.41, 5.74) is 2.74. The molecule has 1 aliphatic heterocycles. The van der Waals surface area contributed by atoms with Crippen LogP contribution in [0.2, 0.25) is 0 Å². The Hall–Kier alpha value is -1.55. The average molecular weight is 262 g/mol. The van der Waals surface area contributed by atoms with Crippen molar-refractivity contribution in [1.29, 1.82) is 0 Å². The van der Waals surface area contributed by atoms with Gasteiger partial charge in [-0.1, -0.05) is 0 Å². The zero-order chi connectivity index (χ0) is 13.8. The first-order valence-electron chi connectivity index (χ1n) is 6.93. The Bertz CT molecular complexity index is 459. The van der Waals surface area contributed by atoms with E-state index in [0.717, 1.165) is 42.7 Å². The van der Waals surface area contributed by atoms with E-state index in [2.05, 4.69) is 5.32 Å². The van der Waals surface area contributed by atoms with Crippen molar-refractivity contribution in [2.45, 2.75) is 32.8 Å². The molecule has 0 bridgehead atoms. The monoisotopic (exact) mass is 262 g/mol. The molecular formula is C15H22N2O2. The molecule has 104 valence electrons. The smallest absolute Gasteiger partial charge is 0.254 e. The lowest BCUT2D eigenvalue weighted by molar-refractivity contribution is 0.0473. The summed E-state index contributed by atoms with van der Waals surface area (Å²) in [6, 6.07) is 5.80. The van der Waals surface area contributed by atoms with Gasteiger partial charge in [0.2, 0.25) is 0 Å². The number of aliphatic hydroxyl groups is 1. The van der Waals surface area contributed by atoms with E-state index in [1.165, 1.54) is 0 Å². The molecule has 4 heteroatoms. The van der Waals surface area contributed by atoms with Crippen LogP contribution in [0.1, 0.15) is 35.7 Å². The number of nitrogens with zero attached hydrogens (tertiary/aromatic N) is 1. The number of piperidine rings is 1. The minimum absolute atomic E-state index is 0.0271. The summed E-state index contributed by atoms with van der Waals surface area (Å²) < 4.78 is 0. The molecule has 0 saturated carbocycles. The van der Waals surface area contributed by atoms with Crippen LogP contribution in [-0.4, -0.2) is 41.7 Å². The van der Waals surface area contributed by atoms with E-state index in [9.17, 15) is 9.90 Å². The van der Waals surface area contributed by atoms with Crippen LogP contribution < -0.4 is 5.32 Å². The molecule has 1 aromatic rings. The summed E-state index contributed by atoms with van der Waals surface area (Å²) in [5.74, 6) is 0.0271. The third kappa shape index (κ3) is 3.26. The van der Waals surface area contributed by atoms with Crippen LogP contribution in [0.5, 0.6) is 0 Å². The number of hydrogen-bond acceptors (Lipinski definition) is 3. The van der Waals surface area contributed by atoms with Crippen molar-refractivity contribution in [3.05, 3.63) is 29.3 Å². The minimum Gasteiger partial charge on any atom is -0.391 e. The van der Waals surface area contributed by atoms with Crippen LogP contribution in [0.25, 0.3) is 0 Å². The lowest BCUT2D eigenvalue weighted by Crippen LogP contribution is -2.42. The molecular weight excluding hydrogens is 240 g/mol. The van der Waals surface area contributed by atoms with E-state index in [1.54, 1.807) is 4.90 Å². The highest BCUT2D eigenvalue weighted by molar-refractivity contribution is 5.96. The highest BCUT2D eigenvalue weighted by Crippen LogP contribution is 2.19. The van der Waals surface area contributed by atoms with Crippen molar-refractivity contribution in [2.24, 2.45) is 0 Å². The molecule has 0 spiro atoms. The van der Waals surface area contributed by atoms with E-state index in [-0.39, 0.29) is 12.0 Å². The molecule has 2 rings (SSSR count). The summed E-state index contributed by atoms with van der Waals surface area (Å²) in [7, 11) is 0. The highest BCUT2D eigenvalue weighted by atomic mass is 16.3. The number of nitrogens with one attached hydrogen (secondary N) is 1. The SMILES string of the molecule is CCNc1ccc(C(=O)N2CCCC(O)C2)c(C)c1. The largest absolute Gasteiger partial charge is 0.391 e. The lowest BCUT2D eigenvalue weighted by atomic mass is 10.0. The number of carbonyl (C=O) groups is 1. The van der Waals surface area contributed by atoms with Crippen molar-refractivity contribution < 1.29 is 9.90 Å². The normalized spacial score (nSPS) is 19.3. The number of rotatable bonds is 3. The van der Waals surface area contributed by atoms with Crippen LogP contribution in [0.15, 0.2) is 18.2 Å². The third-order valence-corrected chi connectivity index (χ3v) is 3.52. The maximum atomic E-state index is 12.4. The van der Waals surface area contributed by atoms with E-state index in [1.807, 2.05) is 32.0 Å². The minimum atomic E-state index is -0.376. The number of anilines is 1. The van der Waals surface area contributed by atoms with Gasteiger partial charge in [-0.05, 0) is 50.5 Å². The third-order valence-electron chi connectivity index (χ3n) is 3.52. The second-order valence-electron chi connectivity index (χ2n) is 5.11. The standard InChI is InChI=1S/C15H22N2O2/c1-3-16-12-6-7-14(11(2)9-12)15(19)17-8-4-5-13(18)10-17/h6-7,9,13,16,18H,3-5,8,10H2,1-2H3. The molecule has 1 unspecified atom stereocenters. The van der Waals surface area contributed by atoms with Crippen molar-refractivity contribution in [3.63, 3.8) is 0 Å². The zero-order valence-electron chi connectivity index (χ0n) is 11.6. The summed E-state index contributed by atoms with van der Waals surface area (Å²) in [6.45, 7) is 6.06. The molecule has 1 atom stereocenters. The van der Waals surface area contributed by atoms with Gasteiger partial charge in [-0.25, -0.2) is 0 Å².